The maximum atomic E-state index is 12.3. The van der Waals surface area contributed by atoms with Crippen LogP contribution in [0.2, 0.25) is 0 Å². The molecule has 10 aromatic rings. The molecular weight excluding hydrogens is 997 g/mol. The van der Waals surface area contributed by atoms with Crippen LogP contribution in [0.15, 0.2) is 206 Å². The number of phenols is 9. The van der Waals surface area contributed by atoms with E-state index < -0.39 is 10.8 Å². The largest absolute Gasteiger partial charge is 0.508 e. The fraction of sp³-hybridized carbons (Fsp3) is 0.155. The second-order valence-electron chi connectivity index (χ2n) is 21.6. The fourth-order valence-electron chi connectivity index (χ4n) is 11.1. The van der Waals surface area contributed by atoms with Crippen molar-refractivity contribution in [1.82, 2.24) is 0 Å². The summed E-state index contributed by atoms with van der Waals surface area (Å²) < 4.78 is 0. The quantitative estimate of drug-likeness (QED) is 0.0401. The normalized spacial score (nSPS) is 11.7. The summed E-state index contributed by atoms with van der Waals surface area (Å²) in [6.07, 6.45) is 1.17. The predicted molar refractivity (Wildman–Crippen MR) is 314 cm³/mol. The maximum absolute atomic E-state index is 12.3. The Morgan fingerprint density at radius 2 is 0.425 bits per heavy atom. The molecule has 9 nitrogen and oxygen atoms in total. The smallest absolute Gasteiger partial charge is 0.122 e. The van der Waals surface area contributed by atoms with Gasteiger partial charge in [-0.25, -0.2) is 0 Å². The molecule has 9 N–H and O–H groups in total. The molecular formula is C71H64O9. The van der Waals surface area contributed by atoms with E-state index in [1.165, 1.54) is 0 Å². The lowest BCUT2D eigenvalue weighted by Gasteiger charge is -2.35. The molecule has 80 heavy (non-hydrogen) atoms. The van der Waals surface area contributed by atoms with Crippen molar-refractivity contribution in [2.75, 3.05) is 0 Å². The number of phenolic OH excluding ortho intramolecular Hbond substituents is 9. The molecule has 0 heterocycles. The molecule has 0 aliphatic rings. The molecule has 0 unspecified atom stereocenters. The van der Waals surface area contributed by atoms with Gasteiger partial charge in [-0.1, -0.05) is 184 Å². The zero-order chi connectivity index (χ0) is 56.3. The average Bonchev–Trinajstić information content (AvgIpc) is 3.47. The zero-order valence-corrected chi connectivity index (χ0v) is 44.9. The van der Waals surface area contributed by atoms with E-state index in [-0.39, 0.29) is 90.3 Å². The van der Waals surface area contributed by atoms with Gasteiger partial charge in [0.05, 0.1) is 0 Å². The highest BCUT2D eigenvalue weighted by Gasteiger charge is 2.36. The second-order valence-corrected chi connectivity index (χ2v) is 21.6. The summed E-state index contributed by atoms with van der Waals surface area (Å²) >= 11 is 0. The van der Waals surface area contributed by atoms with E-state index in [1.807, 2.05) is 109 Å². The molecule has 9 heteroatoms. The van der Waals surface area contributed by atoms with Crippen LogP contribution in [-0.4, -0.2) is 46.0 Å². The number of benzene rings is 10. The lowest BCUT2D eigenvalue weighted by atomic mass is 9.68. The van der Waals surface area contributed by atoms with Crippen molar-refractivity contribution in [2.24, 2.45) is 0 Å². The van der Waals surface area contributed by atoms with Crippen molar-refractivity contribution < 1.29 is 46.0 Å². The number of para-hydroxylation sites is 6. The lowest BCUT2D eigenvalue weighted by molar-refractivity contribution is 0.454. The SMILES string of the molecule is CC(C)(c1ccc(C(C)(c2cc(Cc3ccccc3O)c(O)c(Cc3ccccc3O)c2)c2cc(Cc3ccccc3O)c(O)c(Cc3ccccc3O)c2)cc1)c1cc(Cc2ccccc2O)c(O)c(Cc2ccccc2O)c1. The molecule has 0 radical (unpaired) electrons. The molecule has 0 atom stereocenters. The molecule has 0 aliphatic carbocycles. The topological polar surface area (TPSA) is 182 Å². The molecule has 0 saturated carbocycles. The van der Waals surface area contributed by atoms with Gasteiger partial charge in [0.25, 0.3) is 0 Å². The third kappa shape index (κ3) is 11.0. The van der Waals surface area contributed by atoms with Gasteiger partial charge < -0.3 is 46.0 Å². The van der Waals surface area contributed by atoms with Crippen LogP contribution in [0.25, 0.3) is 0 Å². The molecule has 10 aromatic carbocycles. The van der Waals surface area contributed by atoms with Gasteiger partial charge in [0, 0.05) is 49.4 Å². The average molecular weight is 1060 g/mol. The standard InChI is InChI=1S/C71H64O9/c1-70(2,58-38-50(32-44-16-4-10-22-61(44)72)67(78)51(39-58)33-45-17-5-11-23-62(45)73)56-28-30-57(31-29-56)71(3,59-40-52(34-46-18-6-12-24-63(46)74)68(79)53(41-59)35-47-19-7-13-25-64(47)75)60-42-54(36-48-20-8-14-26-65(48)76)69(80)55(43-60)37-49-21-9-15-27-66(49)77/h4-31,38-43,72-80H,32-37H2,1-3H3. The van der Waals surface area contributed by atoms with Crippen molar-refractivity contribution in [3.63, 3.8) is 0 Å². The Morgan fingerprint density at radius 3 is 0.650 bits per heavy atom. The monoisotopic (exact) mass is 1060 g/mol. The molecule has 0 spiro atoms. The van der Waals surface area contributed by atoms with E-state index in [0.29, 0.717) is 66.8 Å². The van der Waals surface area contributed by atoms with Gasteiger partial charge in [-0.05, 0) is 138 Å². The summed E-state index contributed by atoms with van der Waals surface area (Å²) in [6.45, 7) is 6.34. The van der Waals surface area contributed by atoms with Crippen molar-refractivity contribution in [3.05, 3.63) is 301 Å². The first-order valence-corrected chi connectivity index (χ1v) is 26.8. The minimum absolute atomic E-state index is 0.0171. The van der Waals surface area contributed by atoms with Crippen molar-refractivity contribution in [3.8, 4) is 51.7 Å². The van der Waals surface area contributed by atoms with Crippen molar-refractivity contribution in [1.29, 1.82) is 0 Å². The van der Waals surface area contributed by atoms with Crippen molar-refractivity contribution in [2.45, 2.75) is 70.1 Å². The number of hydrogen-bond acceptors (Lipinski definition) is 9. The van der Waals surface area contributed by atoms with Crippen LogP contribution in [0.4, 0.5) is 0 Å². The first-order chi connectivity index (χ1) is 38.5. The molecule has 402 valence electrons. The number of aromatic hydroxyl groups is 9. The molecule has 0 fully saturated rings. The molecule has 10 rings (SSSR count). The Morgan fingerprint density at radius 1 is 0.225 bits per heavy atom. The van der Waals surface area contributed by atoms with E-state index in [0.717, 1.165) is 27.8 Å². The van der Waals surface area contributed by atoms with Crippen molar-refractivity contribution >= 4 is 0 Å². The Balaban J connectivity index is 1.18. The lowest BCUT2D eigenvalue weighted by Crippen LogP contribution is -2.27. The predicted octanol–water partition coefficient (Wildman–Crippen LogP) is 14.3. The van der Waals surface area contributed by atoms with E-state index in [9.17, 15) is 46.0 Å². The van der Waals surface area contributed by atoms with Crippen LogP contribution in [0.3, 0.4) is 0 Å². The number of rotatable bonds is 17. The Labute approximate surface area is 466 Å². The maximum Gasteiger partial charge on any atom is 0.122 e. The Hall–Kier alpha value is -9.60. The highest BCUT2D eigenvalue weighted by atomic mass is 16.3. The van der Waals surface area contributed by atoms with Gasteiger partial charge in [0.15, 0.2) is 0 Å². The van der Waals surface area contributed by atoms with Crippen LogP contribution in [-0.2, 0) is 49.4 Å². The van der Waals surface area contributed by atoms with Crippen LogP contribution in [0.5, 0.6) is 51.7 Å². The van der Waals surface area contributed by atoms with Gasteiger partial charge in [-0.2, -0.15) is 0 Å². The Bertz CT molecular complexity index is 3540. The van der Waals surface area contributed by atoms with Crippen LogP contribution in [0.1, 0.15) is 115 Å². The van der Waals surface area contributed by atoms with Gasteiger partial charge in [0.2, 0.25) is 0 Å². The summed E-state index contributed by atoms with van der Waals surface area (Å²) in [5, 5.41) is 103. The highest BCUT2D eigenvalue weighted by Crippen LogP contribution is 2.47. The van der Waals surface area contributed by atoms with Crippen LogP contribution < -0.4 is 0 Å². The first-order valence-electron chi connectivity index (χ1n) is 26.8. The summed E-state index contributed by atoms with van der Waals surface area (Å²) in [4.78, 5) is 0. The number of hydrogen-bond donors (Lipinski definition) is 9. The second kappa shape index (κ2) is 22.4. The van der Waals surface area contributed by atoms with Gasteiger partial charge in [-0.15, -0.1) is 0 Å². The zero-order valence-electron chi connectivity index (χ0n) is 44.9. The van der Waals surface area contributed by atoms with E-state index in [1.54, 1.807) is 72.8 Å². The van der Waals surface area contributed by atoms with Crippen LogP contribution >= 0.6 is 0 Å². The molecule has 0 aliphatic heterocycles. The first kappa shape index (κ1) is 53.8. The van der Waals surface area contributed by atoms with Crippen LogP contribution in [0, 0.1) is 0 Å². The third-order valence-corrected chi connectivity index (χ3v) is 16.1. The fourth-order valence-corrected chi connectivity index (χ4v) is 11.1. The summed E-state index contributed by atoms with van der Waals surface area (Å²) in [5.74, 6) is 0.648. The minimum atomic E-state index is -1.10. The van der Waals surface area contributed by atoms with Gasteiger partial charge in [-0.3, -0.25) is 0 Å². The molecule has 0 amide bonds. The summed E-state index contributed by atoms with van der Waals surface area (Å²) in [7, 11) is 0. The summed E-state index contributed by atoms with van der Waals surface area (Å²) in [5.41, 5.74) is 9.47. The van der Waals surface area contributed by atoms with E-state index in [2.05, 4.69) is 45.0 Å². The third-order valence-electron chi connectivity index (χ3n) is 16.1. The molecule has 0 aromatic heterocycles. The summed E-state index contributed by atoms with van der Waals surface area (Å²) in [6, 6.07) is 62.3. The minimum Gasteiger partial charge on any atom is -0.508 e. The van der Waals surface area contributed by atoms with E-state index in [4.69, 9.17) is 0 Å². The van der Waals surface area contributed by atoms with Gasteiger partial charge >= 0.3 is 0 Å². The van der Waals surface area contributed by atoms with E-state index >= 15 is 0 Å². The van der Waals surface area contributed by atoms with Gasteiger partial charge in [0.1, 0.15) is 51.7 Å². The Kier molecular flexibility index (Phi) is 15.1. The molecule has 0 saturated heterocycles. The highest BCUT2D eigenvalue weighted by molar-refractivity contribution is 5.62. The molecule has 0 bridgehead atoms.